The lowest BCUT2D eigenvalue weighted by Gasteiger charge is -2.21. The van der Waals surface area contributed by atoms with E-state index in [1.165, 1.54) is 7.11 Å². The third-order valence-corrected chi connectivity index (χ3v) is 3.50. The van der Waals surface area contributed by atoms with Crippen LogP contribution in [0.15, 0.2) is 10.5 Å². The molecule has 0 bridgehead atoms. The van der Waals surface area contributed by atoms with Crippen LogP contribution in [0.2, 0.25) is 0 Å². The molecule has 0 radical (unpaired) electrons. The molecule has 0 aromatic carbocycles. The van der Waals surface area contributed by atoms with Crippen molar-refractivity contribution in [2.75, 3.05) is 13.7 Å². The number of methoxy groups -OCH3 is 1. The van der Waals surface area contributed by atoms with Crippen LogP contribution in [0.5, 0.6) is 0 Å². The van der Waals surface area contributed by atoms with E-state index < -0.39 is 11.6 Å². The molecule has 20 heavy (non-hydrogen) atoms. The third-order valence-electron chi connectivity index (χ3n) is 3.50. The molecule has 0 spiro atoms. The summed E-state index contributed by atoms with van der Waals surface area (Å²) in [5.74, 6) is 0.376. The Kier molecular flexibility index (Phi) is 4.13. The van der Waals surface area contributed by atoms with Crippen molar-refractivity contribution in [2.24, 2.45) is 0 Å². The highest BCUT2D eigenvalue weighted by molar-refractivity contribution is 5.90. The van der Waals surface area contributed by atoms with Crippen molar-refractivity contribution in [3.63, 3.8) is 0 Å². The number of nitrogens with one attached hydrogen (secondary N) is 1. The minimum atomic E-state index is -0.757. The lowest BCUT2D eigenvalue weighted by Crippen LogP contribution is -2.43. The van der Waals surface area contributed by atoms with E-state index in [4.69, 9.17) is 9.15 Å². The molecule has 110 valence electrons. The van der Waals surface area contributed by atoms with Crippen LogP contribution >= 0.6 is 0 Å². The SMILES string of the molecule is COC(=O)c1cc(CNC(=O)[C@@]2(C)CCCO2)oc1C. The Bertz CT molecular complexity index is 514. The average molecular weight is 281 g/mol. The topological polar surface area (TPSA) is 77.8 Å². The number of ether oxygens (including phenoxy) is 2. The van der Waals surface area contributed by atoms with Gasteiger partial charge in [-0.2, -0.15) is 0 Å². The average Bonchev–Trinajstić information content (AvgIpc) is 3.02. The van der Waals surface area contributed by atoms with Crippen LogP contribution in [0.3, 0.4) is 0 Å². The normalized spacial score (nSPS) is 21.8. The fourth-order valence-electron chi connectivity index (χ4n) is 2.26. The van der Waals surface area contributed by atoms with Crippen molar-refractivity contribution >= 4 is 11.9 Å². The Labute approximate surface area is 117 Å². The monoisotopic (exact) mass is 281 g/mol. The number of hydrogen-bond acceptors (Lipinski definition) is 5. The maximum Gasteiger partial charge on any atom is 0.341 e. The van der Waals surface area contributed by atoms with Crippen LogP contribution in [0.4, 0.5) is 0 Å². The van der Waals surface area contributed by atoms with Crippen LogP contribution in [0.25, 0.3) is 0 Å². The van der Waals surface area contributed by atoms with Crippen molar-refractivity contribution in [2.45, 2.75) is 38.8 Å². The Morgan fingerprint density at radius 2 is 2.25 bits per heavy atom. The molecule has 0 aliphatic carbocycles. The van der Waals surface area contributed by atoms with Crippen molar-refractivity contribution in [3.8, 4) is 0 Å². The molecule has 1 amide bonds. The number of esters is 1. The lowest BCUT2D eigenvalue weighted by atomic mass is 10.0. The molecule has 6 heteroatoms. The second-order valence-corrected chi connectivity index (χ2v) is 5.04. The predicted octanol–water partition coefficient (Wildman–Crippen LogP) is 1.56. The van der Waals surface area contributed by atoms with Crippen LogP contribution in [-0.4, -0.2) is 31.2 Å². The quantitative estimate of drug-likeness (QED) is 0.847. The Morgan fingerprint density at radius 1 is 1.50 bits per heavy atom. The zero-order valence-electron chi connectivity index (χ0n) is 11.9. The summed E-state index contributed by atoms with van der Waals surface area (Å²) in [7, 11) is 1.31. The lowest BCUT2D eigenvalue weighted by molar-refractivity contribution is -0.139. The number of aryl methyl sites for hydroxylation is 1. The second-order valence-electron chi connectivity index (χ2n) is 5.04. The van der Waals surface area contributed by atoms with E-state index in [9.17, 15) is 9.59 Å². The summed E-state index contributed by atoms with van der Waals surface area (Å²) in [6, 6.07) is 1.58. The molecule has 1 aromatic heterocycles. The van der Waals surface area contributed by atoms with Gasteiger partial charge in [0.25, 0.3) is 5.91 Å². The molecule has 1 aliphatic rings. The summed E-state index contributed by atoms with van der Waals surface area (Å²) in [6.45, 7) is 4.29. The molecule has 1 N–H and O–H groups in total. The van der Waals surface area contributed by atoms with Gasteiger partial charge in [0, 0.05) is 6.61 Å². The van der Waals surface area contributed by atoms with Gasteiger partial charge in [0.15, 0.2) is 0 Å². The maximum atomic E-state index is 12.1. The first-order valence-electron chi connectivity index (χ1n) is 6.56. The first kappa shape index (κ1) is 14.6. The number of carbonyl (C=O) groups excluding carboxylic acids is 2. The molecule has 1 saturated heterocycles. The van der Waals surface area contributed by atoms with Gasteiger partial charge in [-0.25, -0.2) is 4.79 Å². The van der Waals surface area contributed by atoms with Gasteiger partial charge in [0.1, 0.15) is 22.7 Å². The van der Waals surface area contributed by atoms with Crippen molar-refractivity contribution in [3.05, 3.63) is 23.2 Å². The number of carbonyl (C=O) groups is 2. The van der Waals surface area contributed by atoms with Crippen molar-refractivity contribution in [1.82, 2.24) is 5.32 Å². The molecule has 2 rings (SSSR count). The molecule has 1 atom stereocenters. The van der Waals surface area contributed by atoms with Gasteiger partial charge < -0.3 is 19.2 Å². The molecule has 6 nitrogen and oxygen atoms in total. The Hall–Kier alpha value is -1.82. The standard InChI is InChI=1S/C14H19NO5/c1-9-11(12(16)18-3)7-10(20-9)8-15-13(17)14(2)5-4-6-19-14/h7H,4-6,8H2,1-3H3,(H,15,17)/t14-/m1/s1. The minimum absolute atomic E-state index is 0.163. The van der Waals surface area contributed by atoms with Gasteiger partial charge in [-0.1, -0.05) is 0 Å². The van der Waals surface area contributed by atoms with Gasteiger partial charge in [-0.15, -0.1) is 0 Å². The molecule has 0 saturated carbocycles. The first-order valence-corrected chi connectivity index (χ1v) is 6.56. The maximum absolute atomic E-state index is 12.1. The zero-order valence-corrected chi connectivity index (χ0v) is 11.9. The third kappa shape index (κ3) is 2.85. The second kappa shape index (κ2) is 5.66. The molecule has 0 unspecified atom stereocenters. The van der Waals surface area contributed by atoms with Crippen molar-refractivity contribution in [1.29, 1.82) is 0 Å². The number of hydrogen-bond donors (Lipinski definition) is 1. The highest BCUT2D eigenvalue weighted by atomic mass is 16.5. The van der Waals surface area contributed by atoms with Gasteiger partial charge in [0.2, 0.25) is 0 Å². The predicted molar refractivity (Wildman–Crippen MR) is 70.2 cm³/mol. The molecule has 1 aromatic rings. The van der Waals surface area contributed by atoms with Gasteiger partial charge >= 0.3 is 5.97 Å². The fraction of sp³-hybridized carbons (Fsp3) is 0.571. The van der Waals surface area contributed by atoms with Crippen LogP contribution < -0.4 is 5.32 Å². The van der Waals surface area contributed by atoms with Crippen molar-refractivity contribution < 1.29 is 23.5 Å². The summed E-state index contributed by atoms with van der Waals surface area (Å²) >= 11 is 0. The summed E-state index contributed by atoms with van der Waals surface area (Å²) in [4.78, 5) is 23.5. The highest BCUT2D eigenvalue weighted by Crippen LogP contribution is 2.25. The van der Waals surface area contributed by atoms with Crippen LogP contribution in [0.1, 0.15) is 41.6 Å². The van der Waals surface area contributed by atoms with E-state index in [2.05, 4.69) is 10.1 Å². The van der Waals surface area contributed by atoms with E-state index in [1.54, 1.807) is 19.9 Å². The molecule has 1 fully saturated rings. The fourth-order valence-corrected chi connectivity index (χ4v) is 2.26. The molecule has 2 heterocycles. The van der Waals surface area contributed by atoms with E-state index in [0.717, 1.165) is 6.42 Å². The summed E-state index contributed by atoms with van der Waals surface area (Å²) in [6.07, 6.45) is 1.60. The molecule has 1 aliphatic heterocycles. The molecular formula is C14H19NO5. The Balaban J connectivity index is 1.97. The summed E-state index contributed by atoms with van der Waals surface area (Å²) in [5.41, 5.74) is -0.382. The smallest absolute Gasteiger partial charge is 0.341 e. The largest absolute Gasteiger partial charge is 0.465 e. The minimum Gasteiger partial charge on any atom is -0.465 e. The van der Waals surface area contributed by atoms with E-state index >= 15 is 0 Å². The zero-order chi connectivity index (χ0) is 14.8. The van der Waals surface area contributed by atoms with Gasteiger partial charge in [0.05, 0.1) is 13.7 Å². The van der Waals surface area contributed by atoms with Gasteiger partial charge in [-0.3, -0.25) is 4.79 Å². The first-order chi connectivity index (χ1) is 9.46. The summed E-state index contributed by atoms with van der Waals surface area (Å²) < 4.78 is 15.5. The van der Waals surface area contributed by atoms with E-state index in [1.807, 2.05) is 0 Å². The van der Waals surface area contributed by atoms with Crippen LogP contribution in [0, 0.1) is 6.92 Å². The molecular weight excluding hydrogens is 262 g/mol. The van der Waals surface area contributed by atoms with Gasteiger partial charge in [-0.05, 0) is 32.8 Å². The highest BCUT2D eigenvalue weighted by Gasteiger charge is 2.37. The van der Waals surface area contributed by atoms with Crippen LogP contribution in [-0.2, 0) is 20.8 Å². The number of furan rings is 1. The van der Waals surface area contributed by atoms with E-state index in [0.29, 0.717) is 30.1 Å². The Morgan fingerprint density at radius 3 is 2.85 bits per heavy atom. The summed E-state index contributed by atoms with van der Waals surface area (Å²) in [5, 5.41) is 2.77. The number of amides is 1. The number of rotatable bonds is 4. The van der Waals surface area contributed by atoms with E-state index in [-0.39, 0.29) is 12.5 Å².